The summed E-state index contributed by atoms with van der Waals surface area (Å²) >= 11 is 0. The fourth-order valence-electron chi connectivity index (χ4n) is 2.54. The van der Waals surface area contributed by atoms with Gasteiger partial charge in [-0.3, -0.25) is 0 Å². The van der Waals surface area contributed by atoms with Crippen LogP contribution >= 0.6 is 0 Å². The van der Waals surface area contributed by atoms with Crippen LogP contribution in [-0.4, -0.2) is 37.6 Å². The topological polar surface area (TPSA) is 32.5 Å². The average Bonchev–Trinajstić information content (AvgIpc) is 2.45. The first-order valence-electron chi connectivity index (χ1n) is 6.83. The lowest BCUT2D eigenvalue weighted by Gasteiger charge is -2.36. The smallest absolute Gasteiger partial charge is 0.369 e. The van der Waals surface area contributed by atoms with Crippen molar-refractivity contribution >= 4 is 5.69 Å². The van der Waals surface area contributed by atoms with Crippen molar-refractivity contribution in [2.45, 2.75) is 19.6 Å². The molecule has 6 heteroatoms. The number of benzene rings is 1. The zero-order valence-electron chi connectivity index (χ0n) is 11.6. The van der Waals surface area contributed by atoms with Gasteiger partial charge >= 0.3 is 6.18 Å². The highest BCUT2D eigenvalue weighted by Gasteiger charge is 2.31. The Kier molecular flexibility index (Phi) is 4.55. The molecule has 0 amide bonds. The minimum Gasteiger partial charge on any atom is -0.369 e. The Morgan fingerprint density at radius 1 is 1.15 bits per heavy atom. The Morgan fingerprint density at radius 3 is 2.30 bits per heavy atom. The molecule has 0 atom stereocenters. The molecule has 0 spiro atoms. The molecule has 3 nitrogen and oxygen atoms in total. The highest BCUT2D eigenvalue weighted by atomic mass is 19.4. The first kappa shape index (κ1) is 15.1. The molecule has 1 aliphatic rings. The minimum absolute atomic E-state index is 0.118. The fraction of sp³-hybridized carbons (Fsp3) is 0.571. The molecule has 0 radical (unpaired) electrons. The summed E-state index contributed by atoms with van der Waals surface area (Å²) in [4.78, 5) is 4.44. The van der Waals surface area contributed by atoms with Crippen molar-refractivity contribution in [1.82, 2.24) is 4.90 Å². The summed E-state index contributed by atoms with van der Waals surface area (Å²) < 4.78 is 38.1. The van der Waals surface area contributed by atoms with Crippen molar-refractivity contribution < 1.29 is 13.2 Å². The third-order valence-corrected chi connectivity index (χ3v) is 3.79. The molecule has 0 unspecified atom stereocenters. The molecule has 20 heavy (non-hydrogen) atoms. The summed E-state index contributed by atoms with van der Waals surface area (Å²) in [6, 6.07) is 3.86. The van der Waals surface area contributed by atoms with Crippen LogP contribution in [0.1, 0.15) is 18.1 Å². The van der Waals surface area contributed by atoms with E-state index in [1.807, 2.05) is 0 Å². The highest BCUT2D eigenvalue weighted by molar-refractivity contribution is 5.55. The van der Waals surface area contributed by atoms with Gasteiger partial charge < -0.3 is 15.5 Å². The normalized spacial score (nSPS) is 17.6. The van der Waals surface area contributed by atoms with E-state index < -0.39 is 11.7 Å². The van der Waals surface area contributed by atoms with Crippen molar-refractivity contribution in [2.24, 2.45) is 5.73 Å². The summed E-state index contributed by atoms with van der Waals surface area (Å²) in [6.07, 6.45) is -4.32. The number of hydrogen-bond acceptors (Lipinski definition) is 3. The van der Waals surface area contributed by atoms with Gasteiger partial charge in [0.2, 0.25) is 0 Å². The monoisotopic (exact) mass is 287 g/mol. The molecule has 1 aromatic rings. The summed E-state index contributed by atoms with van der Waals surface area (Å²) in [5.74, 6) is 0. The third kappa shape index (κ3) is 3.24. The molecule has 1 fully saturated rings. The predicted molar refractivity (Wildman–Crippen MR) is 73.7 cm³/mol. The second kappa shape index (κ2) is 6.01. The second-order valence-electron chi connectivity index (χ2n) is 4.97. The third-order valence-electron chi connectivity index (χ3n) is 3.79. The zero-order chi connectivity index (χ0) is 14.8. The van der Waals surface area contributed by atoms with E-state index in [-0.39, 0.29) is 6.54 Å². The molecular formula is C14H20F3N3. The Morgan fingerprint density at radius 2 is 1.80 bits per heavy atom. The molecule has 1 saturated heterocycles. The van der Waals surface area contributed by atoms with Gasteiger partial charge in [0.1, 0.15) is 0 Å². The Hall–Kier alpha value is -1.27. The van der Waals surface area contributed by atoms with Gasteiger partial charge in [-0.25, -0.2) is 0 Å². The molecule has 1 heterocycles. The van der Waals surface area contributed by atoms with Crippen LogP contribution in [0.4, 0.5) is 18.9 Å². The molecule has 1 aliphatic heterocycles. The van der Waals surface area contributed by atoms with Gasteiger partial charge in [-0.05, 0) is 30.3 Å². The maximum Gasteiger partial charge on any atom is 0.416 e. The van der Waals surface area contributed by atoms with Crippen LogP contribution in [0.3, 0.4) is 0 Å². The number of nitrogens with two attached hydrogens (primary N) is 1. The average molecular weight is 287 g/mol. The first-order valence-corrected chi connectivity index (χ1v) is 6.83. The maximum absolute atomic E-state index is 12.7. The van der Waals surface area contributed by atoms with Gasteiger partial charge in [-0.15, -0.1) is 0 Å². The van der Waals surface area contributed by atoms with Crippen LogP contribution < -0.4 is 10.6 Å². The minimum atomic E-state index is -4.32. The van der Waals surface area contributed by atoms with E-state index in [0.717, 1.165) is 44.5 Å². The lowest BCUT2D eigenvalue weighted by molar-refractivity contribution is -0.137. The van der Waals surface area contributed by atoms with E-state index in [1.54, 1.807) is 6.07 Å². The van der Waals surface area contributed by atoms with E-state index in [9.17, 15) is 13.2 Å². The largest absolute Gasteiger partial charge is 0.416 e. The summed E-state index contributed by atoms with van der Waals surface area (Å²) in [6.45, 7) is 6.75. The summed E-state index contributed by atoms with van der Waals surface area (Å²) in [5.41, 5.74) is 6.38. The molecule has 112 valence electrons. The number of halogens is 3. The molecule has 0 bridgehead atoms. The van der Waals surface area contributed by atoms with E-state index in [2.05, 4.69) is 16.7 Å². The van der Waals surface area contributed by atoms with Crippen LogP contribution in [0.2, 0.25) is 0 Å². The Balaban J connectivity index is 2.20. The van der Waals surface area contributed by atoms with Crippen LogP contribution in [0.15, 0.2) is 18.2 Å². The van der Waals surface area contributed by atoms with Gasteiger partial charge in [0, 0.05) is 38.4 Å². The Labute approximate surface area is 117 Å². The van der Waals surface area contributed by atoms with Crippen LogP contribution in [-0.2, 0) is 12.7 Å². The van der Waals surface area contributed by atoms with E-state index in [4.69, 9.17) is 5.73 Å². The molecular weight excluding hydrogens is 267 g/mol. The summed E-state index contributed by atoms with van der Waals surface area (Å²) in [5, 5.41) is 0. The lowest BCUT2D eigenvalue weighted by atomic mass is 10.1. The lowest BCUT2D eigenvalue weighted by Crippen LogP contribution is -2.46. The van der Waals surface area contributed by atoms with Crippen molar-refractivity contribution in [2.75, 3.05) is 37.6 Å². The van der Waals surface area contributed by atoms with Gasteiger partial charge in [-0.2, -0.15) is 13.2 Å². The number of anilines is 1. The number of rotatable bonds is 3. The number of nitrogens with zero attached hydrogens (tertiary/aromatic N) is 2. The molecule has 0 aromatic heterocycles. The quantitative estimate of drug-likeness (QED) is 0.926. The van der Waals surface area contributed by atoms with Crippen molar-refractivity contribution in [1.29, 1.82) is 0 Å². The Bertz CT molecular complexity index is 451. The van der Waals surface area contributed by atoms with Crippen molar-refractivity contribution in [3.05, 3.63) is 29.3 Å². The molecule has 2 rings (SSSR count). The number of alkyl halides is 3. The number of hydrogen-bond donors (Lipinski definition) is 1. The number of piperazine rings is 1. The van der Waals surface area contributed by atoms with Crippen LogP contribution in [0.5, 0.6) is 0 Å². The SMILES string of the molecule is CCN1CCN(c2ccc(C(F)(F)F)cc2CN)CC1. The fourth-order valence-corrected chi connectivity index (χ4v) is 2.54. The van der Waals surface area contributed by atoms with E-state index in [1.165, 1.54) is 6.07 Å². The molecule has 2 N–H and O–H groups in total. The summed E-state index contributed by atoms with van der Waals surface area (Å²) in [7, 11) is 0. The second-order valence-corrected chi connectivity index (χ2v) is 4.97. The van der Waals surface area contributed by atoms with Crippen molar-refractivity contribution in [3.8, 4) is 0 Å². The molecule has 0 aliphatic carbocycles. The van der Waals surface area contributed by atoms with Crippen LogP contribution in [0.25, 0.3) is 0 Å². The highest BCUT2D eigenvalue weighted by Crippen LogP contribution is 2.33. The molecule has 0 saturated carbocycles. The van der Waals surface area contributed by atoms with Gasteiger partial charge in [0.15, 0.2) is 0 Å². The van der Waals surface area contributed by atoms with Crippen molar-refractivity contribution in [3.63, 3.8) is 0 Å². The predicted octanol–water partition coefficient (Wildman–Crippen LogP) is 2.31. The first-order chi connectivity index (χ1) is 9.45. The van der Waals surface area contributed by atoms with Gasteiger partial charge in [0.05, 0.1) is 5.56 Å². The van der Waals surface area contributed by atoms with Crippen LogP contribution in [0, 0.1) is 0 Å². The number of likely N-dealkylation sites (N-methyl/N-ethyl adjacent to an activating group) is 1. The zero-order valence-corrected chi connectivity index (χ0v) is 11.6. The van der Waals surface area contributed by atoms with E-state index in [0.29, 0.717) is 5.56 Å². The maximum atomic E-state index is 12.7. The van der Waals surface area contributed by atoms with Gasteiger partial charge in [0.25, 0.3) is 0 Å². The van der Waals surface area contributed by atoms with E-state index >= 15 is 0 Å². The standard InChI is InChI=1S/C14H20F3N3/c1-2-19-5-7-20(8-6-19)13-4-3-12(14(15,16)17)9-11(13)10-18/h3-4,9H,2,5-8,10,18H2,1H3. The van der Waals surface area contributed by atoms with Gasteiger partial charge in [-0.1, -0.05) is 6.92 Å². The molecule has 1 aromatic carbocycles.